The molecular formula is C78H152O17P2. The van der Waals surface area contributed by atoms with E-state index in [0.717, 1.165) is 120 Å². The van der Waals surface area contributed by atoms with Gasteiger partial charge in [0.2, 0.25) is 0 Å². The molecule has 0 heterocycles. The number of rotatable bonds is 75. The summed E-state index contributed by atoms with van der Waals surface area (Å²) in [7, 11) is -9.92. The Morgan fingerprint density at radius 1 is 0.289 bits per heavy atom. The van der Waals surface area contributed by atoms with Crippen LogP contribution in [0.3, 0.4) is 0 Å². The first-order valence-electron chi connectivity index (χ1n) is 40.2. The van der Waals surface area contributed by atoms with Crippen molar-refractivity contribution < 1.29 is 80.2 Å². The van der Waals surface area contributed by atoms with E-state index >= 15 is 0 Å². The summed E-state index contributed by atoms with van der Waals surface area (Å²) in [5.74, 6) is 0.948. The number of carbonyl (C=O) groups excluding carboxylic acids is 4. The molecule has 0 saturated heterocycles. The number of hydrogen-bond donors (Lipinski definition) is 3. The Kier molecular flexibility index (Phi) is 65.9. The smallest absolute Gasteiger partial charge is 0.462 e. The van der Waals surface area contributed by atoms with Crippen molar-refractivity contribution in [3.63, 3.8) is 0 Å². The third kappa shape index (κ3) is 70.9. The van der Waals surface area contributed by atoms with Crippen LogP contribution in [0.5, 0.6) is 0 Å². The number of aliphatic hydroxyl groups is 1. The fourth-order valence-corrected chi connectivity index (χ4v) is 13.5. The predicted molar refractivity (Wildman–Crippen MR) is 395 cm³/mol. The standard InChI is InChI=1S/C78H152O17P2/c1-9-71(8)57-49-41-36-37-43-51-59-76(81)89-65-74(95-77(82)60-52-44-34-28-22-17-13-11-10-12-15-19-24-30-38-46-54-68(2)3)67-93-97(86,87)91-63-72(79)62-90-96(84,85)92-66-73(94-78(83)61-53-45-35-29-23-26-32-40-48-56-70(6)7)64-88-75(80)58-50-42-33-27-21-18-14-16-20-25-31-39-47-55-69(4)5/h68-74,79H,9-67H2,1-8H3,(H,84,85)(H,86,87)/t71?,72-,73-,74-/m1/s1. The molecule has 0 aliphatic heterocycles. The Balaban J connectivity index is 5.21. The summed E-state index contributed by atoms with van der Waals surface area (Å²) in [5.41, 5.74) is 0. The lowest BCUT2D eigenvalue weighted by molar-refractivity contribution is -0.161. The van der Waals surface area contributed by atoms with Crippen molar-refractivity contribution in [1.29, 1.82) is 0 Å². The van der Waals surface area contributed by atoms with Gasteiger partial charge in [0.25, 0.3) is 0 Å². The maximum atomic E-state index is 13.1. The molecule has 6 atom stereocenters. The van der Waals surface area contributed by atoms with Crippen molar-refractivity contribution in [1.82, 2.24) is 0 Å². The van der Waals surface area contributed by atoms with E-state index in [2.05, 4.69) is 55.4 Å². The molecule has 3 unspecified atom stereocenters. The number of carbonyl (C=O) groups is 4. The number of unbranched alkanes of at least 4 members (excludes halogenated alkanes) is 40. The van der Waals surface area contributed by atoms with Gasteiger partial charge >= 0.3 is 39.5 Å². The highest BCUT2D eigenvalue weighted by atomic mass is 31.2. The lowest BCUT2D eigenvalue weighted by Crippen LogP contribution is -2.30. The number of phosphoric acid groups is 2. The highest BCUT2D eigenvalue weighted by molar-refractivity contribution is 7.47. The minimum absolute atomic E-state index is 0.105. The van der Waals surface area contributed by atoms with Crippen molar-refractivity contribution in [3.8, 4) is 0 Å². The van der Waals surface area contributed by atoms with Crippen LogP contribution in [0.25, 0.3) is 0 Å². The first-order valence-corrected chi connectivity index (χ1v) is 43.2. The van der Waals surface area contributed by atoms with Crippen LogP contribution in [0.4, 0.5) is 0 Å². The van der Waals surface area contributed by atoms with Gasteiger partial charge in [-0.05, 0) is 49.4 Å². The third-order valence-electron chi connectivity index (χ3n) is 18.4. The van der Waals surface area contributed by atoms with Crippen molar-refractivity contribution in [2.24, 2.45) is 23.7 Å². The number of phosphoric ester groups is 2. The molecule has 3 N–H and O–H groups in total. The third-order valence-corrected chi connectivity index (χ3v) is 20.3. The molecule has 97 heavy (non-hydrogen) atoms. The van der Waals surface area contributed by atoms with Gasteiger partial charge in [0.05, 0.1) is 26.4 Å². The zero-order valence-electron chi connectivity index (χ0n) is 63.7. The molecule has 0 amide bonds. The highest BCUT2D eigenvalue weighted by Crippen LogP contribution is 2.45. The van der Waals surface area contributed by atoms with E-state index in [1.807, 2.05) is 0 Å². The number of ether oxygens (including phenoxy) is 4. The summed E-state index contributed by atoms with van der Waals surface area (Å²) in [6.07, 6.45) is 52.8. The Morgan fingerprint density at radius 3 is 0.732 bits per heavy atom. The Bertz CT molecular complexity index is 1900. The molecule has 0 radical (unpaired) electrons. The van der Waals surface area contributed by atoms with Crippen molar-refractivity contribution in [2.75, 3.05) is 39.6 Å². The fraction of sp³-hybridized carbons (Fsp3) is 0.949. The molecule has 0 aromatic heterocycles. The first kappa shape index (κ1) is 95.1. The van der Waals surface area contributed by atoms with E-state index in [0.29, 0.717) is 25.7 Å². The van der Waals surface area contributed by atoms with E-state index in [1.165, 1.54) is 193 Å². The van der Waals surface area contributed by atoms with E-state index < -0.39 is 97.5 Å². The summed E-state index contributed by atoms with van der Waals surface area (Å²) >= 11 is 0. The van der Waals surface area contributed by atoms with Gasteiger partial charge in [-0.25, -0.2) is 9.13 Å². The Labute approximate surface area is 594 Å². The maximum Gasteiger partial charge on any atom is 0.472 e. The summed E-state index contributed by atoms with van der Waals surface area (Å²) in [5, 5.41) is 10.6. The molecule has 0 fully saturated rings. The van der Waals surface area contributed by atoms with Gasteiger partial charge in [-0.3, -0.25) is 37.3 Å². The van der Waals surface area contributed by atoms with Gasteiger partial charge in [0.1, 0.15) is 19.3 Å². The largest absolute Gasteiger partial charge is 0.472 e. The molecule has 19 heteroatoms. The van der Waals surface area contributed by atoms with Gasteiger partial charge in [-0.2, -0.15) is 0 Å². The zero-order chi connectivity index (χ0) is 71.7. The summed E-state index contributed by atoms with van der Waals surface area (Å²) < 4.78 is 68.6. The molecule has 17 nitrogen and oxygen atoms in total. The number of aliphatic hydroxyl groups excluding tert-OH is 1. The lowest BCUT2D eigenvalue weighted by Gasteiger charge is -2.21. The average molecular weight is 1420 g/mol. The van der Waals surface area contributed by atoms with Crippen LogP contribution >= 0.6 is 15.6 Å². The molecule has 0 saturated carbocycles. The lowest BCUT2D eigenvalue weighted by atomic mass is 10.00. The highest BCUT2D eigenvalue weighted by Gasteiger charge is 2.30. The van der Waals surface area contributed by atoms with E-state index in [1.54, 1.807) is 0 Å². The zero-order valence-corrected chi connectivity index (χ0v) is 65.5. The van der Waals surface area contributed by atoms with Gasteiger partial charge in [0, 0.05) is 25.7 Å². The topological polar surface area (TPSA) is 237 Å². The molecule has 0 aromatic carbocycles. The van der Waals surface area contributed by atoms with Crippen LogP contribution in [0.15, 0.2) is 0 Å². The van der Waals surface area contributed by atoms with E-state index in [4.69, 9.17) is 37.0 Å². The van der Waals surface area contributed by atoms with Gasteiger partial charge < -0.3 is 33.8 Å². The van der Waals surface area contributed by atoms with Crippen LogP contribution in [0.2, 0.25) is 0 Å². The van der Waals surface area contributed by atoms with Crippen LogP contribution in [-0.2, 0) is 65.4 Å². The van der Waals surface area contributed by atoms with E-state index in [9.17, 15) is 43.2 Å². The number of esters is 4. The first-order chi connectivity index (χ1) is 46.6. The summed E-state index contributed by atoms with van der Waals surface area (Å²) in [4.78, 5) is 72.9. The molecule has 0 aliphatic carbocycles. The van der Waals surface area contributed by atoms with E-state index in [-0.39, 0.29) is 25.7 Å². The normalized spacial score (nSPS) is 14.4. The predicted octanol–water partition coefficient (Wildman–Crippen LogP) is 22.8. The second-order valence-corrected chi connectivity index (χ2v) is 32.7. The molecule has 0 aromatic rings. The Hall–Kier alpha value is -1.94. The van der Waals surface area contributed by atoms with Crippen molar-refractivity contribution >= 4 is 39.5 Å². The monoisotopic (exact) mass is 1420 g/mol. The molecular weight excluding hydrogens is 1270 g/mol. The van der Waals surface area contributed by atoms with Crippen LogP contribution in [0.1, 0.15) is 396 Å². The minimum atomic E-state index is -4.96. The van der Waals surface area contributed by atoms with Crippen LogP contribution < -0.4 is 0 Å². The minimum Gasteiger partial charge on any atom is -0.462 e. The molecule has 0 aliphatic rings. The Morgan fingerprint density at radius 2 is 0.495 bits per heavy atom. The van der Waals surface area contributed by atoms with Crippen molar-refractivity contribution in [3.05, 3.63) is 0 Å². The van der Waals surface area contributed by atoms with Gasteiger partial charge in [-0.15, -0.1) is 0 Å². The summed E-state index contributed by atoms with van der Waals surface area (Å²) in [6.45, 7) is 14.2. The average Bonchev–Trinajstić information content (AvgIpc) is 2.77. The van der Waals surface area contributed by atoms with Gasteiger partial charge in [0.15, 0.2) is 12.2 Å². The SMILES string of the molecule is CCC(C)CCCCCCCCC(=O)OC[C@H](COP(=O)(O)OC[C@H](O)COP(=O)(O)OC[C@@H](COC(=O)CCCCCCCCCCCCCCCC(C)C)OC(=O)CCCCCCCCCCCC(C)C)OC(=O)CCCCCCCCCCCCCCCCCCC(C)C. The summed E-state index contributed by atoms with van der Waals surface area (Å²) in [6, 6.07) is 0. The number of hydrogen-bond acceptors (Lipinski definition) is 15. The molecule has 0 bridgehead atoms. The van der Waals surface area contributed by atoms with Crippen LogP contribution in [0, 0.1) is 23.7 Å². The molecule has 0 spiro atoms. The quantitative estimate of drug-likeness (QED) is 0.0222. The second kappa shape index (κ2) is 67.2. The fourth-order valence-electron chi connectivity index (χ4n) is 11.9. The molecule has 0 rings (SSSR count). The van der Waals surface area contributed by atoms with Gasteiger partial charge in [-0.1, -0.05) is 344 Å². The maximum absolute atomic E-state index is 13.1. The molecule has 576 valence electrons. The second-order valence-electron chi connectivity index (χ2n) is 29.8. The van der Waals surface area contributed by atoms with Crippen molar-refractivity contribution in [2.45, 2.75) is 414 Å². The van der Waals surface area contributed by atoms with Crippen LogP contribution in [-0.4, -0.2) is 96.7 Å².